The first kappa shape index (κ1) is 13.4. The minimum Gasteiger partial charge on any atom is -0.309 e. The number of nitrogens with zero attached hydrogens (tertiary/aromatic N) is 1. The summed E-state index contributed by atoms with van der Waals surface area (Å²) in [6.07, 6.45) is 6.96. The molecule has 1 N–H and O–H groups in total. The Labute approximate surface area is 106 Å². The van der Waals surface area contributed by atoms with Gasteiger partial charge >= 0.3 is 0 Å². The molecule has 1 unspecified atom stereocenters. The predicted octanol–water partition coefficient (Wildman–Crippen LogP) is 2.75. The SMILES string of the molecule is C#CCSCCNC(C)c1ccc(Cl)nc1. The molecule has 0 spiro atoms. The van der Waals surface area contributed by atoms with Crippen LogP contribution in [0.1, 0.15) is 18.5 Å². The van der Waals surface area contributed by atoms with Crippen LogP contribution in [-0.4, -0.2) is 23.0 Å². The molecule has 16 heavy (non-hydrogen) atoms. The van der Waals surface area contributed by atoms with E-state index < -0.39 is 0 Å². The largest absolute Gasteiger partial charge is 0.309 e. The molecule has 0 fully saturated rings. The molecule has 0 saturated heterocycles. The van der Waals surface area contributed by atoms with Crippen molar-refractivity contribution in [2.45, 2.75) is 13.0 Å². The van der Waals surface area contributed by atoms with Crippen molar-refractivity contribution in [1.29, 1.82) is 0 Å². The van der Waals surface area contributed by atoms with Gasteiger partial charge in [-0.2, -0.15) is 0 Å². The Kier molecular flexibility index (Phi) is 6.32. The highest BCUT2D eigenvalue weighted by Crippen LogP contribution is 2.13. The van der Waals surface area contributed by atoms with Gasteiger partial charge in [0, 0.05) is 24.5 Å². The van der Waals surface area contributed by atoms with Gasteiger partial charge in [0.1, 0.15) is 5.15 Å². The zero-order valence-electron chi connectivity index (χ0n) is 9.24. The lowest BCUT2D eigenvalue weighted by atomic mass is 10.1. The third-order valence-corrected chi connectivity index (χ3v) is 3.22. The summed E-state index contributed by atoms with van der Waals surface area (Å²) in [6, 6.07) is 4.08. The highest BCUT2D eigenvalue weighted by Gasteiger charge is 2.04. The summed E-state index contributed by atoms with van der Waals surface area (Å²) < 4.78 is 0. The first-order valence-electron chi connectivity index (χ1n) is 5.10. The van der Waals surface area contributed by atoms with Crippen LogP contribution in [0.5, 0.6) is 0 Å². The Morgan fingerprint density at radius 2 is 2.44 bits per heavy atom. The second kappa shape index (κ2) is 7.56. The minimum absolute atomic E-state index is 0.288. The molecule has 0 aliphatic heterocycles. The van der Waals surface area contributed by atoms with E-state index in [1.54, 1.807) is 18.0 Å². The van der Waals surface area contributed by atoms with Crippen molar-refractivity contribution < 1.29 is 0 Å². The second-order valence-electron chi connectivity index (χ2n) is 3.35. The molecular weight excluding hydrogens is 240 g/mol. The number of terminal acetylenes is 1. The van der Waals surface area contributed by atoms with Crippen LogP contribution in [0.15, 0.2) is 18.3 Å². The first-order valence-corrected chi connectivity index (χ1v) is 6.63. The maximum absolute atomic E-state index is 5.72. The monoisotopic (exact) mass is 254 g/mol. The van der Waals surface area contributed by atoms with Gasteiger partial charge in [-0.05, 0) is 18.6 Å². The van der Waals surface area contributed by atoms with E-state index in [4.69, 9.17) is 18.0 Å². The van der Waals surface area contributed by atoms with E-state index in [0.717, 1.165) is 23.6 Å². The van der Waals surface area contributed by atoms with E-state index in [0.29, 0.717) is 5.15 Å². The van der Waals surface area contributed by atoms with E-state index in [1.807, 2.05) is 12.1 Å². The quantitative estimate of drug-likeness (QED) is 0.480. The fourth-order valence-electron chi connectivity index (χ4n) is 1.24. The van der Waals surface area contributed by atoms with Crippen molar-refractivity contribution in [3.63, 3.8) is 0 Å². The van der Waals surface area contributed by atoms with Gasteiger partial charge in [-0.25, -0.2) is 4.98 Å². The normalized spacial score (nSPS) is 12.1. The topological polar surface area (TPSA) is 24.9 Å². The van der Waals surface area contributed by atoms with E-state index in [2.05, 4.69) is 23.1 Å². The first-order chi connectivity index (χ1) is 7.74. The summed E-state index contributed by atoms with van der Waals surface area (Å²) in [5.41, 5.74) is 1.14. The summed E-state index contributed by atoms with van der Waals surface area (Å²) in [4.78, 5) is 4.05. The number of nitrogens with one attached hydrogen (secondary N) is 1. The van der Waals surface area contributed by atoms with Gasteiger partial charge in [-0.3, -0.25) is 0 Å². The molecule has 4 heteroatoms. The average Bonchev–Trinajstić information content (AvgIpc) is 2.29. The Hall–Kier alpha value is -0.690. The predicted molar refractivity (Wildman–Crippen MR) is 71.8 cm³/mol. The highest BCUT2D eigenvalue weighted by molar-refractivity contribution is 7.99. The van der Waals surface area contributed by atoms with Gasteiger partial charge in [-0.1, -0.05) is 23.6 Å². The Balaban J connectivity index is 2.27. The Morgan fingerprint density at radius 3 is 3.06 bits per heavy atom. The smallest absolute Gasteiger partial charge is 0.129 e. The number of rotatable bonds is 6. The molecule has 86 valence electrons. The second-order valence-corrected chi connectivity index (χ2v) is 4.84. The molecule has 1 aromatic heterocycles. The third kappa shape index (κ3) is 4.89. The fourth-order valence-corrected chi connectivity index (χ4v) is 1.88. The Bertz CT molecular complexity index is 345. The van der Waals surface area contributed by atoms with Crippen molar-refractivity contribution in [3.05, 3.63) is 29.0 Å². The van der Waals surface area contributed by atoms with Crippen molar-refractivity contribution in [1.82, 2.24) is 10.3 Å². The van der Waals surface area contributed by atoms with Crippen molar-refractivity contribution in [3.8, 4) is 12.3 Å². The summed E-state index contributed by atoms with van der Waals surface area (Å²) in [5.74, 6) is 4.40. The molecule has 0 aliphatic carbocycles. The molecule has 0 amide bonds. The van der Waals surface area contributed by atoms with Gasteiger partial charge in [0.2, 0.25) is 0 Å². The minimum atomic E-state index is 0.288. The molecule has 1 rings (SSSR count). The number of halogens is 1. The maximum Gasteiger partial charge on any atom is 0.129 e. The lowest BCUT2D eigenvalue weighted by Gasteiger charge is -2.13. The standard InChI is InChI=1S/C12H15ClN2S/c1-3-7-16-8-6-14-10(2)11-4-5-12(13)15-9-11/h1,4-5,9-10,14H,6-8H2,2H3. The number of pyridine rings is 1. The summed E-state index contributed by atoms with van der Waals surface area (Å²) in [7, 11) is 0. The maximum atomic E-state index is 5.72. The number of hydrogen-bond acceptors (Lipinski definition) is 3. The zero-order chi connectivity index (χ0) is 11.8. The van der Waals surface area contributed by atoms with Crippen LogP contribution in [0, 0.1) is 12.3 Å². The Morgan fingerprint density at radius 1 is 1.62 bits per heavy atom. The summed E-state index contributed by atoms with van der Waals surface area (Å²) in [5, 5.41) is 3.93. The van der Waals surface area contributed by atoms with Crippen LogP contribution in [-0.2, 0) is 0 Å². The zero-order valence-corrected chi connectivity index (χ0v) is 10.8. The van der Waals surface area contributed by atoms with E-state index >= 15 is 0 Å². The molecule has 0 aliphatic rings. The number of thioether (sulfide) groups is 1. The van der Waals surface area contributed by atoms with E-state index in [1.165, 1.54) is 0 Å². The summed E-state index contributed by atoms with van der Waals surface area (Å²) >= 11 is 7.48. The molecule has 0 saturated carbocycles. The molecule has 0 bridgehead atoms. The molecule has 0 aromatic carbocycles. The van der Waals surface area contributed by atoms with Gasteiger partial charge in [0.25, 0.3) is 0 Å². The lowest BCUT2D eigenvalue weighted by Crippen LogP contribution is -2.21. The van der Waals surface area contributed by atoms with Gasteiger partial charge in [0.15, 0.2) is 0 Å². The van der Waals surface area contributed by atoms with Crippen LogP contribution >= 0.6 is 23.4 Å². The third-order valence-electron chi connectivity index (χ3n) is 2.13. The lowest BCUT2D eigenvalue weighted by molar-refractivity contribution is 0.599. The van der Waals surface area contributed by atoms with Gasteiger partial charge in [0.05, 0.1) is 5.75 Å². The van der Waals surface area contributed by atoms with E-state index in [-0.39, 0.29) is 6.04 Å². The van der Waals surface area contributed by atoms with Crippen molar-refractivity contribution >= 4 is 23.4 Å². The average molecular weight is 255 g/mol. The van der Waals surface area contributed by atoms with Crippen LogP contribution in [0.2, 0.25) is 5.15 Å². The number of aromatic nitrogens is 1. The van der Waals surface area contributed by atoms with Crippen molar-refractivity contribution in [2.75, 3.05) is 18.1 Å². The number of hydrogen-bond donors (Lipinski definition) is 1. The summed E-state index contributed by atoms with van der Waals surface area (Å²) in [6.45, 7) is 3.05. The van der Waals surface area contributed by atoms with Gasteiger partial charge < -0.3 is 5.32 Å². The van der Waals surface area contributed by atoms with Crippen LogP contribution in [0.3, 0.4) is 0 Å². The molecular formula is C12H15ClN2S. The van der Waals surface area contributed by atoms with Gasteiger partial charge in [-0.15, -0.1) is 18.2 Å². The molecule has 0 radical (unpaired) electrons. The molecule has 1 heterocycles. The fraction of sp³-hybridized carbons (Fsp3) is 0.417. The highest BCUT2D eigenvalue weighted by atomic mass is 35.5. The van der Waals surface area contributed by atoms with Crippen LogP contribution in [0.4, 0.5) is 0 Å². The van der Waals surface area contributed by atoms with E-state index in [9.17, 15) is 0 Å². The molecule has 1 aromatic rings. The van der Waals surface area contributed by atoms with Crippen molar-refractivity contribution in [2.24, 2.45) is 0 Å². The van der Waals surface area contributed by atoms with Crippen LogP contribution in [0.25, 0.3) is 0 Å². The molecule has 2 nitrogen and oxygen atoms in total. The molecule has 1 atom stereocenters. The van der Waals surface area contributed by atoms with Crippen LogP contribution < -0.4 is 5.32 Å².